The van der Waals surface area contributed by atoms with Crippen LogP contribution in [0.15, 0.2) is 0 Å². The van der Waals surface area contributed by atoms with E-state index in [1.54, 1.807) is 0 Å². The smallest absolute Gasteiger partial charge is 0.0487 e. The van der Waals surface area contributed by atoms with Gasteiger partial charge in [0.1, 0.15) is 0 Å². The van der Waals surface area contributed by atoms with E-state index in [4.69, 9.17) is 0 Å². The molecule has 0 saturated heterocycles. The molecule has 1 heteroatoms. The third-order valence-electron chi connectivity index (χ3n) is 4.28. The average Bonchev–Trinajstić information content (AvgIpc) is 2.74. The molecule has 0 spiro atoms. The summed E-state index contributed by atoms with van der Waals surface area (Å²) in [4.78, 5) is 0. The zero-order valence-corrected chi connectivity index (χ0v) is 9.63. The molecule has 2 saturated carbocycles. The Hall–Kier alpha value is -0.0400. The van der Waals surface area contributed by atoms with Crippen LogP contribution in [0, 0.1) is 23.2 Å². The lowest BCUT2D eigenvalue weighted by atomic mass is 9.78. The monoisotopic (exact) mass is 196 g/mol. The highest BCUT2D eigenvalue weighted by atomic mass is 16.3. The summed E-state index contributed by atoms with van der Waals surface area (Å²) in [6, 6.07) is 0. The normalized spacial score (nSPS) is 40.3. The van der Waals surface area contributed by atoms with Crippen LogP contribution in [0.1, 0.15) is 52.4 Å². The molecule has 0 aromatic carbocycles. The molecular weight excluding hydrogens is 172 g/mol. The van der Waals surface area contributed by atoms with E-state index in [2.05, 4.69) is 13.8 Å². The van der Waals surface area contributed by atoms with Crippen LogP contribution in [0.2, 0.25) is 0 Å². The lowest BCUT2D eigenvalue weighted by Crippen LogP contribution is -2.23. The summed E-state index contributed by atoms with van der Waals surface area (Å²) in [5.74, 6) is 2.82. The molecule has 1 N–H and O–H groups in total. The molecule has 0 radical (unpaired) electrons. The fourth-order valence-electron chi connectivity index (χ4n) is 3.30. The van der Waals surface area contributed by atoms with Crippen molar-refractivity contribution in [2.75, 3.05) is 6.61 Å². The van der Waals surface area contributed by atoms with Gasteiger partial charge in [0.05, 0.1) is 0 Å². The Bertz CT molecular complexity index is 187. The van der Waals surface area contributed by atoms with Crippen LogP contribution < -0.4 is 0 Å². The van der Waals surface area contributed by atoms with Crippen molar-refractivity contribution in [1.82, 2.24) is 0 Å². The van der Waals surface area contributed by atoms with Gasteiger partial charge < -0.3 is 5.11 Å². The Balaban J connectivity index is 1.76. The van der Waals surface area contributed by atoms with Gasteiger partial charge in [-0.15, -0.1) is 0 Å². The van der Waals surface area contributed by atoms with Gasteiger partial charge in [-0.1, -0.05) is 26.7 Å². The fraction of sp³-hybridized carbons (Fsp3) is 1.00. The number of hydrogen-bond acceptors (Lipinski definition) is 1. The molecule has 2 fully saturated rings. The minimum Gasteiger partial charge on any atom is -0.396 e. The van der Waals surface area contributed by atoms with Gasteiger partial charge in [0.25, 0.3) is 0 Å². The van der Waals surface area contributed by atoms with E-state index in [-0.39, 0.29) is 0 Å². The van der Waals surface area contributed by atoms with Crippen LogP contribution in [0.25, 0.3) is 0 Å². The number of rotatable bonds is 5. The molecule has 2 atom stereocenters. The van der Waals surface area contributed by atoms with Crippen molar-refractivity contribution in [2.24, 2.45) is 23.2 Å². The Morgan fingerprint density at radius 3 is 2.43 bits per heavy atom. The number of fused-ring (bicyclic) bond motifs is 1. The first-order valence-corrected chi connectivity index (χ1v) is 6.26. The SMILES string of the molecule is CC(C)CCCC1(CO)CC2CC2C1. The molecular formula is C13H24O. The van der Waals surface area contributed by atoms with E-state index in [1.165, 1.54) is 38.5 Å². The summed E-state index contributed by atoms with van der Waals surface area (Å²) in [5, 5.41) is 9.52. The van der Waals surface area contributed by atoms with E-state index in [0.717, 1.165) is 17.8 Å². The van der Waals surface area contributed by atoms with Crippen LogP contribution in [-0.4, -0.2) is 11.7 Å². The second-order valence-corrected chi connectivity index (χ2v) is 6.11. The quantitative estimate of drug-likeness (QED) is 0.716. The van der Waals surface area contributed by atoms with Crippen molar-refractivity contribution in [3.8, 4) is 0 Å². The van der Waals surface area contributed by atoms with E-state index in [1.807, 2.05) is 0 Å². The number of hydrogen-bond donors (Lipinski definition) is 1. The molecule has 0 amide bonds. The summed E-state index contributed by atoms with van der Waals surface area (Å²) in [7, 11) is 0. The van der Waals surface area contributed by atoms with Crippen LogP contribution >= 0.6 is 0 Å². The van der Waals surface area contributed by atoms with Crippen molar-refractivity contribution in [1.29, 1.82) is 0 Å². The zero-order chi connectivity index (χ0) is 10.2. The van der Waals surface area contributed by atoms with Crippen molar-refractivity contribution < 1.29 is 5.11 Å². The van der Waals surface area contributed by atoms with Crippen LogP contribution in [-0.2, 0) is 0 Å². The molecule has 2 rings (SSSR count). The van der Waals surface area contributed by atoms with E-state index in [0.29, 0.717) is 12.0 Å². The molecule has 2 unspecified atom stereocenters. The lowest BCUT2D eigenvalue weighted by molar-refractivity contribution is 0.103. The first-order chi connectivity index (χ1) is 6.65. The Morgan fingerprint density at radius 2 is 1.93 bits per heavy atom. The zero-order valence-electron chi connectivity index (χ0n) is 9.63. The first kappa shape index (κ1) is 10.5. The lowest BCUT2D eigenvalue weighted by Gasteiger charge is -2.28. The van der Waals surface area contributed by atoms with E-state index < -0.39 is 0 Å². The van der Waals surface area contributed by atoms with Gasteiger partial charge in [-0.05, 0) is 48.9 Å². The molecule has 82 valence electrons. The standard InChI is InChI=1S/C13H24O/c1-10(2)4-3-5-13(9-14)7-11-6-12(11)8-13/h10-12,14H,3-9H2,1-2H3. The molecule has 14 heavy (non-hydrogen) atoms. The maximum absolute atomic E-state index is 9.52. The highest BCUT2D eigenvalue weighted by Crippen LogP contribution is 2.61. The highest BCUT2D eigenvalue weighted by Gasteiger charge is 2.52. The van der Waals surface area contributed by atoms with Gasteiger partial charge in [-0.25, -0.2) is 0 Å². The minimum atomic E-state index is 0.350. The van der Waals surface area contributed by atoms with Gasteiger partial charge in [-0.3, -0.25) is 0 Å². The predicted octanol–water partition coefficient (Wildman–Crippen LogP) is 3.22. The molecule has 2 aliphatic carbocycles. The molecule has 0 aliphatic heterocycles. The van der Waals surface area contributed by atoms with Crippen LogP contribution in [0.4, 0.5) is 0 Å². The van der Waals surface area contributed by atoms with Gasteiger partial charge in [0, 0.05) is 6.61 Å². The fourth-order valence-corrected chi connectivity index (χ4v) is 3.30. The molecule has 0 aromatic rings. The molecule has 2 aliphatic rings. The number of aliphatic hydroxyl groups is 1. The Morgan fingerprint density at radius 1 is 1.29 bits per heavy atom. The van der Waals surface area contributed by atoms with Crippen molar-refractivity contribution in [3.05, 3.63) is 0 Å². The Kier molecular flexibility index (Phi) is 2.88. The topological polar surface area (TPSA) is 20.2 Å². The van der Waals surface area contributed by atoms with Crippen molar-refractivity contribution in [2.45, 2.75) is 52.4 Å². The minimum absolute atomic E-state index is 0.350. The van der Waals surface area contributed by atoms with Crippen molar-refractivity contribution >= 4 is 0 Å². The first-order valence-electron chi connectivity index (χ1n) is 6.26. The van der Waals surface area contributed by atoms with Gasteiger partial charge in [-0.2, -0.15) is 0 Å². The molecule has 0 heterocycles. The highest BCUT2D eigenvalue weighted by molar-refractivity contribution is 5.02. The summed E-state index contributed by atoms with van der Waals surface area (Å²) >= 11 is 0. The van der Waals surface area contributed by atoms with Gasteiger partial charge >= 0.3 is 0 Å². The summed E-state index contributed by atoms with van der Waals surface area (Å²) in [6.07, 6.45) is 8.04. The van der Waals surface area contributed by atoms with E-state index >= 15 is 0 Å². The third-order valence-corrected chi connectivity index (χ3v) is 4.28. The largest absolute Gasteiger partial charge is 0.396 e. The van der Waals surface area contributed by atoms with Gasteiger partial charge in [0.2, 0.25) is 0 Å². The number of aliphatic hydroxyl groups excluding tert-OH is 1. The Labute approximate surface area is 87.9 Å². The maximum Gasteiger partial charge on any atom is 0.0487 e. The third kappa shape index (κ3) is 2.13. The molecule has 0 bridgehead atoms. The van der Waals surface area contributed by atoms with Crippen LogP contribution in [0.3, 0.4) is 0 Å². The molecule has 1 nitrogen and oxygen atoms in total. The summed E-state index contributed by atoms with van der Waals surface area (Å²) in [5.41, 5.74) is 0.350. The van der Waals surface area contributed by atoms with Crippen molar-refractivity contribution in [3.63, 3.8) is 0 Å². The predicted molar refractivity (Wildman–Crippen MR) is 59.0 cm³/mol. The second-order valence-electron chi connectivity index (χ2n) is 6.11. The van der Waals surface area contributed by atoms with Gasteiger partial charge in [0.15, 0.2) is 0 Å². The summed E-state index contributed by atoms with van der Waals surface area (Å²) < 4.78 is 0. The van der Waals surface area contributed by atoms with E-state index in [9.17, 15) is 5.11 Å². The average molecular weight is 196 g/mol. The second kappa shape index (κ2) is 3.84. The van der Waals surface area contributed by atoms with Crippen LogP contribution in [0.5, 0.6) is 0 Å². The summed E-state index contributed by atoms with van der Waals surface area (Å²) in [6.45, 7) is 5.02. The molecule has 0 aromatic heterocycles. The maximum atomic E-state index is 9.52.